The minimum Gasteiger partial charge on any atom is -0.370 e. The van der Waals surface area contributed by atoms with E-state index in [2.05, 4.69) is 26.3 Å². The highest BCUT2D eigenvalue weighted by Crippen LogP contribution is 2.22. The number of hydrogen-bond donors (Lipinski definition) is 6. The lowest BCUT2D eigenvalue weighted by atomic mass is 9.84. The first-order valence-electron chi connectivity index (χ1n) is 13.7. The molecule has 2 rings (SSSR count). The van der Waals surface area contributed by atoms with Gasteiger partial charge >= 0.3 is 0 Å². The molecule has 0 aliphatic carbocycles. The Morgan fingerprint density at radius 2 is 1.75 bits per heavy atom. The van der Waals surface area contributed by atoms with Gasteiger partial charge in [-0.15, -0.1) is 0 Å². The maximum Gasteiger partial charge on any atom is 0.247 e. The number of ketones is 1. The van der Waals surface area contributed by atoms with Gasteiger partial charge < -0.3 is 32.7 Å². The number of amides is 4. The van der Waals surface area contributed by atoms with E-state index in [1.165, 1.54) is 0 Å². The number of aliphatic imine (C=N–C) groups is 1. The summed E-state index contributed by atoms with van der Waals surface area (Å²) < 4.78 is 0. The summed E-state index contributed by atoms with van der Waals surface area (Å²) in [6.07, 6.45) is 0.877. The molecule has 1 saturated heterocycles. The molecule has 1 aliphatic rings. The van der Waals surface area contributed by atoms with Crippen LogP contribution in [-0.4, -0.2) is 60.0 Å². The molecule has 4 amide bonds. The summed E-state index contributed by atoms with van der Waals surface area (Å²) in [5.41, 5.74) is 10.0. The summed E-state index contributed by atoms with van der Waals surface area (Å²) >= 11 is 0. The van der Waals surface area contributed by atoms with Crippen LogP contribution in [0, 0.1) is 11.8 Å². The molecular weight excluding hydrogens is 514 g/mol. The molecule has 4 atom stereocenters. The highest BCUT2D eigenvalue weighted by atomic mass is 16.2. The Bertz CT molecular complexity index is 1090. The van der Waals surface area contributed by atoms with E-state index in [1.807, 2.05) is 0 Å². The zero-order valence-electron chi connectivity index (χ0n) is 23.8. The number of carbonyl (C=O) groups is 5. The van der Waals surface area contributed by atoms with Gasteiger partial charge in [-0.3, -0.25) is 29.0 Å². The predicted octanol–water partition coefficient (Wildman–Crippen LogP) is 0.419. The number of rotatable bonds is 8. The molecule has 40 heavy (non-hydrogen) atoms. The fourth-order valence-electron chi connectivity index (χ4n) is 4.38. The van der Waals surface area contributed by atoms with Gasteiger partial charge in [0.05, 0.1) is 5.54 Å². The number of nitrogens with zero attached hydrogens (tertiary/aromatic N) is 1. The van der Waals surface area contributed by atoms with Crippen LogP contribution in [-0.2, 0) is 24.0 Å². The van der Waals surface area contributed by atoms with Crippen molar-refractivity contribution in [2.24, 2.45) is 28.3 Å². The molecule has 220 valence electrons. The monoisotopic (exact) mass is 557 g/mol. The first-order valence-corrected chi connectivity index (χ1v) is 13.7. The van der Waals surface area contributed by atoms with Crippen LogP contribution >= 0.6 is 0 Å². The molecule has 1 aliphatic heterocycles. The zero-order chi connectivity index (χ0) is 29.9. The third-order valence-electron chi connectivity index (χ3n) is 6.99. The quantitative estimate of drug-likeness (QED) is 0.151. The average Bonchev–Trinajstić information content (AvgIpc) is 2.91. The topological polar surface area (TPSA) is 198 Å². The second-order valence-electron chi connectivity index (χ2n) is 10.6. The molecule has 12 heteroatoms. The number of hydrogen-bond acceptors (Lipinski definition) is 6. The van der Waals surface area contributed by atoms with Crippen molar-refractivity contribution in [1.29, 1.82) is 0 Å². The number of carbonyl (C=O) groups excluding carboxylic acids is 5. The predicted molar refractivity (Wildman–Crippen MR) is 152 cm³/mol. The van der Waals surface area contributed by atoms with Crippen molar-refractivity contribution >= 4 is 35.4 Å². The van der Waals surface area contributed by atoms with E-state index < -0.39 is 41.3 Å². The largest absolute Gasteiger partial charge is 0.370 e. The molecule has 0 unspecified atom stereocenters. The normalized spacial score (nSPS) is 24.8. The van der Waals surface area contributed by atoms with E-state index >= 15 is 0 Å². The Balaban J connectivity index is 2.45. The number of benzene rings is 1. The molecule has 0 aromatic heterocycles. The lowest BCUT2D eigenvalue weighted by Gasteiger charge is -2.33. The lowest BCUT2D eigenvalue weighted by Crippen LogP contribution is -2.57. The average molecular weight is 558 g/mol. The molecule has 0 bridgehead atoms. The third-order valence-corrected chi connectivity index (χ3v) is 6.99. The van der Waals surface area contributed by atoms with Gasteiger partial charge in [0, 0.05) is 31.3 Å². The van der Waals surface area contributed by atoms with Crippen molar-refractivity contribution in [2.45, 2.75) is 77.4 Å². The number of nitrogens with two attached hydrogens (primary N) is 2. The molecule has 8 N–H and O–H groups in total. The van der Waals surface area contributed by atoms with Crippen molar-refractivity contribution in [3.8, 4) is 0 Å². The SMILES string of the molecule is CC[C@@H]1NC(=O)[C@H](CCCN=C(N)N)CC(=O)[C@](C)(NC(=O)C(C)C)CCNC(=O)[C@@H](c2ccccc2)NC1=O. The van der Waals surface area contributed by atoms with Crippen LogP contribution in [0.15, 0.2) is 35.3 Å². The van der Waals surface area contributed by atoms with E-state index in [1.54, 1.807) is 58.0 Å². The summed E-state index contributed by atoms with van der Waals surface area (Å²) in [7, 11) is 0. The maximum absolute atomic E-state index is 13.7. The molecule has 0 radical (unpaired) electrons. The summed E-state index contributed by atoms with van der Waals surface area (Å²) in [6.45, 7) is 7.09. The van der Waals surface area contributed by atoms with E-state index in [0.29, 0.717) is 12.0 Å². The number of nitrogens with one attached hydrogen (secondary N) is 4. The minimum absolute atomic E-state index is 0.0528. The van der Waals surface area contributed by atoms with Crippen LogP contribution in [0.1, 0.15) is 71.4 Å². The van der Waals surface area contributed by atoms with Crippen molar-refractivity contribution in [3.63, 3.8) is 0 Å². The van der Waals surface area contributed by atoms with Gasteiger partial charge in [-0.1, -0.05) is 51.1 Å². The summed E-state index contributed by atoms with van der Waals surface area (Å²) in [5.74, 6) is -3.39. The highest BCUT2D eigenvalue weighted by Gasteiger charge is 2.38. The Labute approximate surface area is 235 Å². The second kappa shape index (κ2) is 15.0. The fourth-order valence-corrected chi connectivity index (χ4v) is 4.38. The lowest BCUT2D eigenvalue weighted by molar-refractivity contribution is -0.137. The van der Waals surface area contributed by atoms with Gasteiger partial charge in [0.25, 0.3) is 0 Å². The Morgan fingerprint density at radius 1 is 1.07 bits per heavy atom. The first-order chi connectivity index (χ1) is 18.9. The summed E-state index contributed by atoms with van der Waals surface area (Å²) in [4.78, 5) is 70.2. The third kappa shape index (κ3) is 9.35. The number of guanidine groups is 1. The van der Waals surface area contributed by atoms with Crippen LogP contribution in [0.4, 0.5) is 0 Å². The van der Waals surface area contributed by atoms with Gasteiger partial charge in [0.2, 0.25) is 23.6 Å². The fraction of sp³-hybridized carbons (Fsp3) is 0.571. The molecule has 1 fully saturated rings. The van der Waals surface area contributed by atoms with Crippen molar-refractivity contribution < 1.29 is 24.0 Å². The standard InChI is InChI=1S/C28H43N7O5/c1-5-20-25(39)34-22(18-10-7-6-8-11-18)26(40)31-15-13-28(4,35-23(37)17(2)3)21(36)16-19(24(38)33-20)12-9-14-32-27(29)30/h6-8,10-11,17,19-20,22H,5,9,12-16H2,1-4H3,(H,31,40)(H,33,38)(H,34,39)(H,35,37)(H4,29,30,32)/t19-,20+,22-,28-/m1/s1. The number of Topliss-reactive ketones (excluding diaryl/α,β-unsaturated/α-hetero) is 1. The van der Waals surface area contributed by atoms with Crippen molar-refractivity contribution in [3.05, 3.63) is 35.9 Å². The molecule has 1 aromatic carbocycles. The molecule has 1 heterocycles. The van der Waals surface area contributed by atoms with Crippen LogP contribution in [0.2, 0.25) is 0 Å². The van der Waals surface area contributed by atoms with Gasteiger partial charge in [0.1, 0.15) is 12.1 Å². The Morgan fingerprint density at radius 3 is 2.35 bits per heavy atom. The Kier molecular flexibility index (Phi) is 12.1. The van der Waals surface area contributed by atoms with Crippen LogP contribution < -0.4 is 32.7 Å². The maximum atomic E-state index is 13.7. The van der Waals surface area contributed by atoms with E-state index in [-0.39, 0.29) is 62.3 Å². The smallest absolute Gasteiger partial charge is 0.247 e. The highest BCUT2D eigenvalue weighted by molar-refractivity contribution is 5.97. The second-order valence-corrected chi connectivity index (χ2v) is 10.6. The Hall–Kier alpha value is -3.96. The van der Waals surface area contributed by atoms with E-state index in [9.17, 15) is 24.0 Å². The van der Waals surface area contributed by atoms with Crippen molar-refractivity contribution in [2.75, 3.05) is 13.1 Å². The molecular formula is C28H43N7O5. The van der Waals surface area contributed by atoms with E-state index in [4.69, 9.17) is 11.5 Å². The van der Waals surface area contributed by atoms with Gasteiger partial charge in [0.15, 0.2) is 11.7 Å². The minimum atomic E-state index is -1.34. The molecule has 12 nitrogen and oxygen atoms in total. The summed E-state index contributed by atoms with van der Waals surface area (Å²) in [5, 5.41) is 11.2. The molecule has 0 saturated carbocycles. The van der Waals surface area contributed by atoms with Crippen molar-refractivity contribution in [1.82, 2.24) is 21.3 Å². The van der Waals surface area contributed by atoms with Crippen LogP contribution in [0.5, 0.6) is 0 Å². The van der Waals surface area contributed by atoms with Crippen LogP contribution in [0.25, 0.3) is 0 Å². The van der Waals surface area contributed by atoms with Crippen LogP contribution in [0.3, 0.4) is 0 Å². The summed E-state index contributed by atoms with van der Waals surface area (Å²) in [6, 6.07) is 6.78. The van der Waals surface area contributed by atoms with Gasteiger partial charge in [-0.2, -0.15) is 0 Å². The zero-order valence-corrected chi connectivity index (χ0v) is 23.8. The first kappa shape index (κ1) is 32.3. The van der Waals surface area contributed by atoms with Gasteiger partial charge in [-0.25, -0.2) is 0 Å². The van der Waals surface area contributed by atoms with E-state index in [0.717, 1.165) is 0 Å². The molecule has 1 aromatic rings. The molecule has 0 spiro atoms. The van der Waals surface area contributed by atoms with Gasteiger partial charge in [-0.05, 0) is 38.2 Å².